The van der Waals surface area contributed by atoms with E-state index in [-0.39, 0.29) is 6.61 Å². The van der Waals surface area contributed by atoms with Crippen molar-refractivity contribution in [3.8, 4) is 0 Å². The Bertz CT molecular complexity index is 378. The van der Waals surface area contributed by atoms with Crippen molar-refractivity contribution in [3.63, 3.8) is 0 Å². The smallest absolute Gasteiger partial charge is 0.245 e. The summed E-state index contributed by atoms with van der Waals surface area (Å²) in [7, 11) is 0. The normalized spacial score (nSPS) is 10.7. The second-order valence-corrected chi connectivity index (χ2v) is 4.03. The van der Waals surface area contributed by atoms with Gasteiger partial charge in [-0.2, -0.15) is 10.6 Å². The maximum Gasteiger partial charge on any atom is 0.245 e. The molecule has 0 saturated carbocycles. The van der Waals surface area contributed by atoms with Crippen molar-refractivity contribution in [2.24, 2.45) is 5.73 Å². The Morgan fingerprint density at radius 1 is 1.69 bits per heavy atom. The number of hydroxylamine groups is 1. The number of amides is 1. The third kappa shape index (κ3) is 3.29. The predicted octanol–water partition coefficient (Wildman–Crippen LogP) is 0.480. The zero-order valence-corrected chi connectivity index (χ0v) is 10.9. The summed E-state index contributed by atoms with van der Waals surface area (Å²) in [4.78, 5) is 15.3. The number of carbonyl (C=O) groups excluding carboxylic acids is 1. The van der Waals surface area contributed by atoms with E-state index in [2.05, 4.69) is 26.5 Å². The summed E-state index contributed by atoms with van der Waals surface area (Å²) in [6.45, 7) is 5.02. The highest BCUT2D eigenvalue weighted by molar-refractivity contribution is 9.10. The third-order valence-electron chi connectivity index (χ3n) is 2.01. The minimum atomic E-state index is -0.508. The topological polar surface area (TPSA) is 82.2 Å². The highest BCUT2D eigenvalue weighted by atomic mass is 79.9. The van der Waals surface area contributed by atoms with E-state index in [1.807, 2.05) is 18.5 Å². The number of aryl methyl sites for hydroxylation is 2. The van der Waals surface area contributed by atoms with Gasteiger partial charge in [0.05, 0.1) is 22.4 Å². The molecular weight excluding hydrogens is 276 g/mol. The molecule has 6 nitrogen and oxygen atoms in total. The van der Waals surface area contributed by atoms with Gasteiger partial charge in [-0.05, 0) is 29.8 Å². The molecule has 90 valence electrons. The van der Waals surface area contributed by atoms with E-state index in [0.29, 0.717) is 6.54 Å². The first-order valence-corrected chi connectivity index (χ1v) is 5.70. The fourth-order valence-corrected chi connectivity index (χ4v) is 1.70. The van der Waals surface area contributed by atoms with Crippen LogP contribution in [0.4, 0.5) is 0 Å². The van der Waals surface area contributed by atoms with Crippen molar-refractivity contribution >= 4 is 21.8 Å². The molecule has 0 aliphatic heterocycles. The zero-order chi connectivity index (χ0) is 12.1. The molecule has 7 heteroatoms. The second-order valence-electron chi connectivity index (χ2n) is 3.24. The van der Waals surface area contributed by atoms with Crippen LogP contribution in [-0.4, -0.2) is 22.3 Å². The predicted molar refractivity (Wildman–Crippen MR) is 62.3 cm³/mol. The lowest BCUT2D eigenvalue weighted by Gasteiger charge is -2.06. The first kappa shape index (κ1) is 13.1. The molecule has 0 bridgehead atoms. The number of nitrogens with one attached hydrogen (secondary N) is 1. The van der Waals surface area contributed by atoms with Crippen LogP contribution in [0.15, 0.2) is 4.47 Å². The molecule has 0 aromatic carbocycles. The summed E-state index contributed by atoms with van der Waals surface area (Å²) in [5, 5.41) is 4.33. The maximum atomic E-state index is 10.4. The summed E-state index contributed by atoms with van der Waals surface area (Å²) < 4.78 is 2.81. The molecule has 0 unspecified atom stereocenters. The highest BCUT2D eigenvalue weighted by Gasteiger charge is 2.11. The van der Waals surface area contributed by atoms with E-state index < -0.39 is 5.91 Å². The molecule has 1 heterocycles. The lowest BCUT2D eigenvalue weighted by Crippen LogP contribution is -2.25. The Hall–Kier alpha value is -0.920. The fourth-order valence-electron chi connectivity index (χ4n) is 1.28. The van der Waals surface area contributed by atoms with Crippen molar-refractivity contribution in [1.29, 1.82) is 0 Å². The molecule has 0 spiro atoms. The lowest BCUT2D eigenvalue weighted by atomic mass is 10.4. The van der Waals surface area contributed by atoms with Gasteiger partial charge in [-0.25, -0.2) is 0 Å². The molecule has 0 radical (unpaired) electrons. The Labute approximate surface area is 102 Å². The molecule has 16 heavy (non-hydrogen) atoms. The van der Waals surface area contributed by atoms with Crippen molar-refractivity contribution in [3.05, 3.63) is 15.9 Å². The second kappa shape index (κ2) is 5.97. The summed E-state index contributed by atoms with van der Waals surface area (Å²) in [6.07, 6.45) is 0. The lowest BCUT2D eigenvalue weighted by molar-refractivity contribution is -0.125. The fraction of sp³-hybridized carbons (Fsp3) is 0.556. The average molecular weight is 291 g/mol. The molecular formula is C9H15BrN4O2. The van der Waals surface area contributed by atoms with Crippen LogP contribution in [-0.2, 0) is 22.7 Å². The van der Waals surface area contributed by atoms with Crippen LogP contribution < -0.4 is 11.2 Å². The first-order valence-electron chi connectivity index (χ1n) is 4.91. The number of nitrogens with zero attached hydrogens (tertiary/aromatic N) is 2. The van der Waals surface area contributed by atoms with Crippen LogP contribution in [0.5, 0.6) is 0 Å². The summed E-state index contributed by atoms with van der Waals surface area (Å²) in [6, 6.07) is 0. The molecule has 1 aromatic rings. The minimum absolute atomic E-state index is 0.142. The van der Waals surface area contributed by atoms with E-state index in [1.165, 1.54) is 0 Å². The van der Waals surface area contributed by atoms with E-state index in [0.717, 1.165) is 22.4 Å². The van der Waals surface area contributed by atoms with Gasteiger partial charge in [0, 0.05) is 6.54 Å². The SMILES string of the molecule is CCn1nc(C)c(Br)c1CNOCC(N)=O. The Morgan fingerprint density at radius 3 is 2.94 bits per heavy atom. The zero-order valence-electron chi connectivity index (χ0n) is 9.29. The number of aromatic nitrogens is 2. The number of hydrogen-bond donors (Lipinski definition) is 2. The van der Waals surface area contributed by atoms with Crippen LogP contribution in [0.25, 0.3) is 0 Å². The highest BCUT2D eigenvalue weighted by Crippen LogP contribution is 2.20. The first-order chi connectivity index (χ1) is 7.56. The molecule has 0 saturated heterocycles. The standard InChI is InChI=1S/C9H15BrN4O2/c1-3-14-7(9(10)6(2)13-14)4-12-16-5-8(11)15/h12H,3-5H2,1-2H3,(H2,11,15). The van der Waals surface area contributed by atoms with E-state index in [1.54, 1.807) is 0 Å². The number of rotatable bonds is 6. The van der Waals surface area contributed by atoms with E-state index in [4.69, 9.17) is 10.6 Å². The monoisotopic (exact) mass is 290 g/mol. The maximum absolute atomic E-state index is 10.4. The summed E-state index contributed by atoms with van der Waals surface area (Å²) in [5.41, 5.74) is 9.50. The number of halogens is 1. The van der Waals surface area contributed by atoms with Gasteiger partial charge in [0.15, 0.2) is 0 Å². The van der Waals surface area contributed by atoms with Gasteiger partial charge < -0.3 is 5.73 Å². The van der Waals surface area contributed by atoms with E-state index in [9.17, 15) is 4.79 Å². The summed E-state index contributed by atoms with van der Waals surface area (Å²) >= 11 is 3.45. The quantitative estimate of drug-likeness (QED) is 0.590. The van der Waals surface area contributed by atoms with Gasteiger partial charge >= 0.3 is 0 Å². The van der Waals surface area contributed by atoms with Gasteiger partial charge in [0.1, 0.15) is 6.61 Å². The number of nitrogens with two attached hydrogens (primary N) is 1. The van der Waals surface area contributed by atoms with Gasteiger partial charge in [0.2, 0.25) is 5.91 Å². The van der Waals surface area contributed by atoms with E-state index >= 15 is 0 Å². The molecule has 0 atom stereocenters. The molecule has 0 fully saturated rings. The van der Waals surface area contributed by atoms with Crippen LogP contribution in [0.1, 0.15) is 18.3 Å². The summed E-state index contributed by atoms with van der Waals surface area (Å²) in [5.74, 6) is -0.508. The van der Waals surface area contributed by atoms with Crippen molar-refractivity contribution in [2.45, 2.75) is 26.9 Å². The number of carbonyl (C=O) groups is 1. The van der Waals surface area contributed by atoms with Crippen LogP contribution in [0.2, 0.25) is 0 Å². The van der Waals surface area contributed by atoms with Gasteiger partial charge in [-0.3, -0.25) is 14.3 Å². The number of primary amides is 1. The van der Waals surface area contributed by atoms with Crippen molar-refractivity contribution in [2.75, 3.05) is 6.61 Å². The molecule has 1 rings (SSSR count). The molecule has 1 aromatic heterocycles. The Kier molecular flexibility index (Phi) is 4.91. The molecule has 0 aliphatic rings. The van der Waals surface area contributed by atoms with Gasteiger partial charge in [-0.15, -0.1) is 0 Å². The third-order valence-corrected chi connectivity index (χ3v) is 3.04. The van der Waals surface area contributed by atoms with Crippen LogP contribution in [0.3, 0.4) is 0 Å². The van der Waals surface area contributed by atoms with Crippen molar-refractivity contribution in [1.82, 2.24) is 15.3 Å². The number of hydrogen-bond acceptors (Lipinski definition) is 4. The van der Waals surface area contributed by atoms with Gasteiger partial charge in [-0.1, -0.05) is 0 Å². The largest absolute Gasteiger partial charge is 0.368 e. The van der Waals surface area contributed by atoms with Crippen LogP contribution in [0, 0.1) is 6.92 Å². The Balaban J connectivity index is 2.55. The molecule has 0 aliphatic carbocycles. The van der Waals surface area contributed by atoms with Crippen LogP contribution >= 0.6 is 15.9 Å². The molecule has 3 N–H and O–H groups in total. The minimum Gasteiger partial charge on any atom is -0.368 e. The van der Waals surface area contributed by atoms with Gasteiger partial charge in [0.25, 0.3) is 0 Å². The van der Waals surface area contributed by atoms with Crippen molar-refractivity contribution < 1.29 is 9.63 Å². The average Bonchev–Trinajstić information content (AvgIpc) is 2.50. The molecule has 1 amide bonds. The Morgan fingerprint density at radius 2 is 2.38 bits per heavy atom.